The van der Waals surface area contributed by atoms with E-state index in [1.165, 1.54) is 7.11 Å². The average Bonchev–Trinajstić information content (AvgIpc) is 3.12. The maximum absolute atomic E-state index is 11.4. The Labute approximate surface area is 122 Å². The number of hydrogen-bond donors (Lipinski definition) is 1. The number of nitrogens with zero attached hydrogens (tertiary/aromatic N) is 2. The van der Waals surface area contributed by atoms with Gasteiger partial charge in [0, 0.05) is 12.1 Å². The maximum Gasteiger partial charge on any atom is 0.413 e. The molecule has 0 saturated carbocycles. The number of carbonyl (C=O) groups is 1. The Balaban J connectivity index is 1.85. The summed E-state index contributed by atoms with van der Waals surface area (Å²) in [5.41, 5.74) is 1.01. The van der Waals surface area contributed by atoms with Crippen molar-refractivity contribution in [3.63, 3.8) is 0 Å². The Morgan fingerprint density at radius 1 is 1.52 bits per heavy atom. The van der Waals surface area contributed by atoms with Crippen LogP contribution in [0.25, 0.3) is 0 Å². The van der Waals surface area contributed by atoms with Crippen LogP contribution in [0.2, 0.25) is 0 Å². The molecule has 0 aliphatic carbocycles. The molecule has 1 aromatic carbocycles. The van der Waals surface area contributed by atoms with Crippen molar-refractivity contribution in [2.75, 3.05) is 27.0 Å². The van der Waals surface area contributed by atoms with Crippen LogP contribution in [0, 0.1) is 0 Å². The molecule has 1 atom stereocenters. The molecular weight excluding hydrogens is 274 g/mol. The van der Waals surface area contributed by atoms with Gasteiger partial charge >= 0.3 is 6.09 Å². The highest BCUT2D eigenvalue weighted by Crippen LogP contribution is 2.41. The molecule has 112 valence electrons. The molecule has 0 saturated heterocycles. The van der Waals surface area contributed by atoms with Crippen LogP contribution >= 0.6 is 0 Å². The zero-order chi connectivity index (χ0) is 14.8. The van der Waals surface area contributed by atoms with E-state index in [4.69, 9.17) is 9.47 Å². The highest BCUT2D eigenvalue weighted by molar-refractivity contribution is 5.95. The highest BCUT2D eigenvalue weighted by atomic mass is 16.7. The number of rotatable bonds is 2. The molecule has 1 aromatic rings. The van der Waals surface area contributed by atoms with Gasteiger partial charge in [-0.1, -0.05) is 12.1 Å². The molecule has 0 bridgehead atoms. The van der Waals surface area contributed by atoms with E-state index in [1.54, 1.807) is 0 Å². The van der Waals surface area contributed by atoms with E-state index in [0.717, 1.165) is 17.1 Å². The lowest BCUT2D eigenvalue weighted by atomic mass is 10.0. The predicted molar refractivity (Wildman–Crippen MR) is 75.5 cm³/mol. The number of nitrogens with one attached hydrogen (secondary N) is 1. The lowest BCUT2D eigenvalue weighted by Gasteiger charge is -2.27. The Hall–Kier alpha value is -2.44. The first-order valence-corrected chi connectivity index (χ1v) is 6.79. The molecule has 3 rings (SSSR count). The molecule has 1 amide bonds. The van der Waals surface area contributed by atoms with Crippen molar-refractivity contribution in [1.29, 1.82) is 0 Å². The molecule has 2 heterocycles. The van der Waals surface area contributed by atoms with Gasteiger partial charge in [-0.3, -0.25) is 10.3 Å². The van der Waals surface area contributed by atoms with Gasteiger partial charge in [0.2, 0.25) is 12.8 Å². The van der Waals surface area contributed by atoms with Crippen molar-refractivity contribution in [3.8, 4) is 11.5 Å². The fourth-order valence-electron chi connectivity index (χ4n) is 2.62. The average molecular weight is 291 g/mol. The van der Waals surface area contributed by atoms with Crippen LogP contribution in [0.1, 0.15) is 18.5 Å². The van der Waals surface area contributed by atoms with E-state index >= 15 is 0 Å². The first-order valence-electron chi connectivity index (χ1n) is 6.79. The van der Waals surface area contributed by atoms with Crippen molar-refractivity contribution in [2.24, 2.45) is 4.99 Å². The molecule has 7 nitrogen and oxygen atoms in total. The maximum atomic E-state index is 11.4. The molecule has 2 aliphatic rings. The van der Waals surface area contributed by atoms with Crippen LogP contribution in [0.15, 0.2) is 23.2 Å². The summed E-state index contributed by atoms with van der Waals surface area (Å²) in [5.74, 6) is 2.03. The van der Waals surface area contributed by atoms with Crippen molar-refractivity contribution in [1.82, 2.24) is 10.2 Å². The molecular formula is C14H17N3O4. The quantitative estimate of drug-likeness (QED) is 0.894. The standard InChI is InChI=1S/C14H17N3O4/c1-3-17-10(7-15-13(17)16-14(18)19-2)9-5-4-6-11-12(9)21-8-20-11/h4-6,10H,3,7-8H2,1-2H3,(H,15,16,18). The van der Waals surface area contributed by atoms with Crippen LogP contribution in [-0.4, -0.2) is 43.9 Å². The lowest BCUT2D eigenvalue weighted by molar-refractivity contribution is 0.171. The molecule has 2 aliphatic heterocycles. The van der Waals surface area contributed by atoms with Gasteiger partial charge in [0.25, 0.3) is 0 Å². The van der Waals surface area contributed by atoms with Crippen LogP contribution in [-0.2, 0) is 4.74 Å². The zero-order valence-corrected chi connectivity index (χ0v) is 12.0. The number of benzene rings is 1. The molecule has 7 heteroatoms. The summed E-state index contributed by atoms with van der Waals surface area (Å²) in [5, 5.41) is 2.64. The number of alkyl carbamates (subject to hydrolysis) is 1. The van der Waals surface area contributed by atoms with Crippen molar-refractivity contribution in [3.05, 3.63) is 23.8 Å². The Bertz CT molecular complexity index is 588. The normalized spacial score (nSPS) is 19.4. The van der Waals surface area contributed by atoms with Gasteiger partial charge in [-0.15, -0.1) is 0 Å². The van der Waals surface area contributed by atoms with E-state index in [0.29, 0.717) is 19.0 Å². The van der Waals surface area contributed by atoms with Crippen molar-refractivity contribution in [2.45, 2.75) is 13.0 Å². The third-order valence-electron chi connectivity index (χ3n) is 3.59. The molecule has 0 fully saturated rings. The molecule has 0 aromatic heterocycles. The smallest absolute Gasteiger partial charge is 0.413 e. The van der Waals surface area contributed by atoms with E-state index in [9.17, 15) is 4.79 Å². The topological polar surface area (TPSA) is 72.4 Å². The second-order valence-corrected chi connectivity index (χ2v) is 4.66. The van der Waals surface area contributed by atoms with E-state index in [1.807, 2.05) is 30.0 Å². The number of ether oxygens (including phenoxy) is 3. The Kier molecular flexibility index (Phi) is 3.55. The fourth-order valence-corrected chi connectivity index (χ4v) is 2.62. The lowest BCUT2D eigenvalue weighted by Crippen LogP contribution is -2.42. The Morgan fingerprint density at radius 2 is 2.38 bits per heavy atom. The minimum Gasteiger partial charge on any atom is -0.454 e. The van der Waals surface area contributed by atoms with E-state index in [-0.39, 0.29) is 12.8 Å². The van der Waals surface area contributed by atoms with Gasteiger partial charge in [-0.25, -0.2) is 4.79 Å². The highest BCUT2D eigenvalue weighted by Gasteiger charge is 2.33. The van der Waals surface area contributed by atoms with Gasteiger partial charge in [-0.2, -0.15) is 0 Å². The number of aliphatic imine (C=N–C) groups is 1. The minimum atomic E-state index is -0.522. The summed E-state index contributed by atoms with van der Waals surface area (Å²) in [7, 11) is 1.33. The number of para-hydroxylation sites is 1. The molecule has 21 heavy (non-hydrogen) atoms. The fraction of sp³-hybridized carbons (Fsp3) is 0.429. The van der Waals surface area contributed by atoms with Gasteiger partial charge in [0.1, 0.15) is 0 Å². The summed E-state index contributed by atoms with van der Waals surface area (Å²) >= 11 is 0. The van der Waals surface area contributed by atoms with Crippen LogP contribution in [0.5, 0.6) is 11.5 Å². The monoisotopic (exact) mass is 291 g/mol. The summed E-state index contributed by atoms with van der Waals surface area (Å²) in [4.78, 5) is 17.8. The van der Waals surface area contributed by atoms with E-state index in [2.05, 4.69) is 15.0 Å². The third kappa shape index (κ3) is 2.35. The number of methoxy groups -OCH3 is 1. The SMILES string of the molecule is CCN1C(NC(=O)OC)=NCC1c1cccc2c1OCO2. The number of guanidine groups is 1. The van der Waals surface area contributed by atoms with Gasteiger partial charge < -0.3 is 19.1 Å². The first kappa shape index (κ1) is 13.5. The predicted octanol–water partition coefficient (Wildman–Crippen LogP) is 1.50. The van der Waals surface area contributed by atoms with Crippen LogP contribution in [0.3, 0.4) is 0 Å². The third-order valence-corrected chi connectivity index (χ3v) is 3.59. The largest absolute Gasteiger partial charge is 0.454 e. The number of likely N-dealkylation sites (N-methyl/N-ethyl adjacent to an activating group) is 1. The van der Waals surface area contributed by atoms with Gasteiger partial charge in [0.15, 0.2) is 11.5 Å². The number of fused-ring (bicyclic) bond motifs is 1. The number of carbonyl (C=O) groups excluding carboxylic acids is 1. The summed E-state index contributed by atoms with van der Waals surface area (Å²) < 4.78 is 15.6. The van der Waals surface area contributed by atoms with Gasteiger partial charge in [0.05, 0.1) is 19.7 Å². The molecule has 0 radical (unpaired) electrons. The summed E-state index contributed by atoms with van der Waals surface area (Å²) in [6.07, 6.45) is -0.522. The molecule has 1 N–H and O–H groups in total. The second kappa shape index (κ2) is 5.51. The Morgan fingerprint density at radius 3 is 3.14 bits per heavy atom. The number of hydrogen-bond acceptors (Lipinski definition) is 6. The van der Waals surface area contributed by atoms with Crippen LogP contribution in [0.4, 0.5) is 4.79 Å². The summed E-state index contributed by atoms with van der Waals surface area (Å²) in [6.45, 7) is 3.50. The zero-order valence-electron chi connectivity index (χ0n) is 12.0. The molecule has 1 unspecified atom stereocenters. The summed E-state index contributed by atoms with van der Waals surface area (Å²) in [6, 6.07) is 5.82. The first-order chi connectivity index (χ1) is 10.2. The van der Waals surface area contributed by atoms with Gasteiger partial charge in [-0.05, 0) is 13.0 Å². The van der Waals surface area contributed by atoms with Crippen molar-refractivity contribution < 1.29 is 19.0 Å². The van der Waals surface area contributed by atoms with E-state index < -0.39 is 6.09 Å². The molecule has 0 spiro atoms. The second-order valence-electron chi connectivity index (χ2n) is 4.66. The van der Waals surface area contributed by atoms with Crippen molar-refractivity contribution >= 4 is 12.1 Å². The van der Waals surface area contributed by atoms with Crippen LogP contribution < -0.4 is 14.8 Å². The number of amides is 1. The minimum absolute atomic E-state index is 0.0128.